The summed E-state index contributed by atoms with van der Waals surface area (Å²) in [5.41, 5.74) is 7.09. The van der Waals surface area contributed by atoms with Gasteiger partial charge in [-0.25, -0.2) is 0 Å². The smallest absolute Gasteiger partial charge is 0.179 e. The van der Waals surface area contributed by atoms with Crippen LogP contribution in [0.2, 0.25) is 0 Å². The fraction of sp³-hybridized carbons (Fsp3) is 0. The fourth-order valence-electron chi connectivity index (χ4n) is 8.54. The molecule has 5 heteroatoms. The number of halogens is 2. The molecule has 0 aliphatic heterocycles. The first-order chi connectivity index (χ1) is 26.1. The Bertz CT molecular complexity index is 2750. The normalized spacial score (nSPS) is 12.0. The van der Waals surface area contributed by atoms with Crippen LogP contribution in [-0.4, -0.2) is 17.2 Å². The molecule has 0 atom stereocenters. The highest BCUT2D eigenvalue weighted by Gasteiger charge is 2.42. The highest BCUT2D eigenvalue weighted by molar-refractivity contribution is 9.10. The lowest BCUT2D eigenvalue weighted by molar-refractivity contribution is 1.18. The Morgan fingerprint density at radius 1 is 0.302 bits per heavy atom. The molecule has 2 heterocycles. The van der Waals surface area contributed by atoms with Gasteiger partial charge in [0.15, 0.2) is 8.07 Å². The van der Waals surface area contributed by atoms with Gasteiger partial charge in [0.25, 0.3) is 0 Å². The lowest BCUT2D eigenvalue weighted by Crippen LogP contribution is -2.74. The Morgan fingerprint density at radius 3 is 1.00 bits per heavy atom. The maximum atomic E-state index is 3.81. The van der Waals surface area contributed by atoms with E-state index < -0.39 is 8.07 Å². The van der Waals surface area contributed by atoms with Crippen LogP contribution >= 0.6 is 31.9 Å². The van der Waals surface area contributed by atoms with Gasteiger partial charge in [0, 0.05) is 41.9 Å². The average Bonchev–Trinajstić information content (AvgIpc) is 3.71. The van der Waals surface area contributed by atoms with E-state index >= 15 is 0 Å². The SMILES string of the molecule is Brc1ccc2c(c1)c1cc([Si](c3ccccc3)(c3ccccc3)c3ccc4c(c3)c3cc(Br)ccc3n4-c3ccccc3)ccc1n2-c1ccccc1. The summed E-state index contributed by atoms with van der Waals surface area (Å²) in [4.78, 5) is 0. The second-order valence-electron chi connectivity index (χ2n) is 13.6. The van der Waals surface area contributed by atoms with Gasteiger partial charge in [0.05, 0.1) is 22.1 Å². The molecule has 53 heavy (non-hydrogen) atoms. The molecule has 0 aliphatic carbocycles. The van der Waals surface area contributed by atoms with Crippen molar-refractivity contribution in [3.05, 3.63) is 203 Å². The lowest BCUT2D eigenvalue weighted by atomic mass is 10.1. The van der Waals surface area contributed by atoms with E-state index in [0.717, 1.165) is 20.3 Å². The van der Waals surface area contributed by atoms with Crippen molar-refractivity contribution in [2.45, 2.75) is 0 Å². The van der Waals surface area contributed by atoms with E-state index in [1.54, 1.807) is 0 Å². The number of hydrogen-bond acceptors (Lipinski definition) is 0. The van der Waals surface area contributed by atoms with E-state index in [-0.39, 0.29) is 0 Å². The molecule has 0 spiro atoms. The van der Waals surface area contributed by atoms with Crippen molar-refractivity contribution in [3.63, 3.8) is 0 Å². The van der Waals surface area contributed by atoms with E-state index in [0.29, 0.717) is 0 Å². The van der Waals surface area contributed by atoms with Crippen LogP contribution in [-0.2, 0) is 0 Å². The fourth-order valence-corrected chi connectivity index (χ4v) is 14.0. The lowest BCUT2D eigenvalue weighted by Gasteiger charge is -2.34. The van der Waals surface area contributed by atoms with Gasteiger partial charge >= 0.3 is 0 Å². The summed E-state index contributed by atoms with van der Waals surface area (Å²) in [6, 6.07) is 71.8. The minimum absolute atomic E-state index is 1.07. The zero-order valence-electron chi connectivity index (χ0n) is 28.6. The molecule has 0 radical (unpaired) electrons. The average molecular weight is 825 g/mol. The Morgan fingerprint density at radius 2 is 0.623 bits per heavy atom. The topological polar surface area (TPSA) is 9.86 Å². The molecule has 2 aromatic heterocycles. The van der Waals surface area contributed by atoms with Gasteiger partial charge in [-0.3, -0.25) is 0 Å². The van der Waals surface area contributed by atoms with Crippen molar-refractivity contribution in [1.82, 2.24) is 9.13 Å². The quantitative estimate of drug-likeness (QED) is 0.117. The molecule has 0 fully saturated rings. The summed E-state index contributed by atoms with van der Waals surface area (Å²) < 4.78 is 6.95. The minimum Gasteiger partial charge on any atom is -0.309 e. The summed E-state index contributed by atoms with van der Waals surface area (Å²) in [7, 11) is -2.92. The van der Waals surface area contributed by atoms with E-state index in [1.807, 2.05) is 0 Å². The molecule has 0 aliphatic rings. The van der Waals surface area contributed by atoms with Crippen LogP contribution in [0.15, 0.2) is 203 Å². The molecule has 0 saturated heterocycles. The molecule has 0 saturated carbocycles. The van der Waals surface area contributed by atoms with Crippen molar-refractivity contribution >= 4 is 104 Å². The molecular formula is C48H32Br2N2Si. The molecule has 10 rings (SSSR count). The second kappa shape index (κ2) is 12.9. The Balaban J connectivity index is 1.33. The van der Waals surface area contributed by atoms with E-state index in [1.165, 1.54) is 64.4 Å². The summed E-state index contributed by atoms with van der Waals surface area (Å²) in [6.07, 6.45) is 0. The first-order valence-electron chi connectivity index (χ1n) is 17.8. The van der Waals surface area contributed by atoms with Crippen LogP contribution in [0.5, 0.6) is 0 Å². The van der Waals surface area contributed by atoms with Gasteiger partial charge < -0.3 is 9.13 Å². The summed E-state index contributed by atoms with van der Waals surface area (Å²) >= 11 is 7.62. The molecule has 0 unspecified atom stereocenters. The molecule has 0 bridgehead atoms. The standard InChI is InChI=1S/C48H32Br2N2Si/c49-33-21-25-45-41(29-33)43-31-39(23-27-47(43)51(45)35-13-5-1-6-14-35)53(37-17-9-3-10-18-37,38-19-11-4-12-20-38)40-24-28-48-44(32-40)42-30-34(50)22-26-46(42)52(48)36-15-7-2-8-16-36/h1-32H. The third kappa shape index (κ3) is 5.10. The maximum Gasteiger partial charge on any atom is 0.179 e. The third-order valence-corrected chi connectivity index (χ3v) is 16.5. The first-order valence-corrected chi connectivity index (χ1v) is 21.4. The Hall–Kier alpha value is -5.46. The number of benzene rings is 8. The van der Waals surface area contributed by atoms with Gasteiger partial charge in [0.1, 0.15) is 0 Å². The Kier molecular flexibility index (Phi) is 7.83. The number of para-hydroxylation sites is 2. The zero-order chi connectivity index (χ0) is 35.5. The van der Waals surface area contributed by atoms with Crippen LogP contribution in [0.1, 0.15) is 0 Å². The largest absolute Gasteiger partial charge is 0.309 e. The predicted octanol–water partition coefficient (Wildman–Crippen LogP) is 10.8. The van der Waals surface area contributed by atoms with Crippen molar-refractivity contribution in [1.29, 1.82) is 0 Å². The van der Waals surface area contributed by atoms with Gasteiger partial charge in [0.2, 0.25) is 0 Å². The molecule has 252 valence electrons. The molecule has 8 aromatic carbocycles. The van der Waals surface area contributed by atoms with Crippen molar-refractivity contribution in [3.8, 4) is 11.4 Å². The summed E-state index contributed by atoms with van der Waals surface area (Å²) in [5, 5.41) is 10.4. The molecular weight excluding hydrogens is 792 g/mol. The predicted molar refractivity (Wildman–Crippen MR) is 234 cm³/mol. The minimum atomic E-state index is -2.92. The van der Waals surface area contributed by atoms with Crippen LogP contribution in [0.4, 0.5) is 0 Å². The first kappa shape index (κ1) is 32.2. The second-order valence-corrected chi connectivity index (χ2v) is 19.3. The zero-order valence-corrected chi connectivity index (χ0v) is 32.8. The molecule has 10 aromatic rings. The van der Waals surface area contributed by atoms with Crippen molar-refractivity contribution in [2.24, 2.45) is 0 Å². The number of hydrogen-bond donors (Lipinski definition) is 0. The van der Waals surface area contributed by atoms with Crippen molar-refractivity contribution in [2.75, 3.05) is 0 Å². The monoisotopic (exact) mass is 822 g/mol. The van der Waals surface area contributed by atoms with E-state index in [9.17, 15) is 0 Å². The Labute approximate surface area is 325 Å². The number of fused-ring (bicyclic) bond motifs is 6. The number of aromatic nitrogens is 2. The number of nitrogens with zero attached hydrogens (tertiary/aromatic N) is 2. The van der Waals surface area contributed by atoms with Crippen molar-refractivity contribution < 1.29 is 0 Å². The molecule has 0 N–H and O–H groups in total. The maximum absolute atomic E-state index is 3.81. The summed E-state index contributed by atoms with van der Waals surface area (Å²) in [5.74, 6) is 0. The third-order valence-electron chi connectivity index (χ3n) is 10.8. The van der Waals surface area contributed by atoms with Gasteiger partial charge in [-0.05, 0) is 93.5 Å². The number of rotatable bonds is 6. The van der Waals surface area contributed by atoms with Crippen LogP contribution in [0, 0.1) is 0 Å². The van der Waals surface area contributed by atoms with E-state index in [2.05, 4.69) is 235 Å². The molecule has 2 nitrogen and oxygen atoms in total. The van der Waals surface area contributed by atoms with Crippen LogP contribution in [0.25, 0.3) is 55.0 Å². The highest BCUT2D eigenvalue weighted by atomic mass is 79.9. The molecule has 0 amide bonds. The van der Waals surface area contributed by atoms with E-state index in [4.69, 9.17) is 0 Å². The van der Waals surface area contributed by atoms with Gasteiger partial charge in [-0.2, -0.15) is 0 Å². The van der Waals surface area contributed by atoms with Crippen LogP contribution in [0.3, 0.4) is 0 Å². The highest BCUT2D eigenvalue weighted by Crippen LogP contribution is 2.36. The van der Waals surface area contributed by atoms with Crippen LogP contribution < -0.4 is 20.7 Å². The van der Waals surface area contributed by atoms with Gasteiger partial charge in [-0.15, -0.1) is 0 Å². The van der Waals surface area contributed by atoms with Gasteiger partial charge in [-0.1, -0.05) is 153 Å². The summed E-state index contributed by atoms with van der Waals surface area (Å²) in [6.45, 7) is 0.